The highest BCUT2D eigenvalue weighted by molar-refractivity contribution is 7.91. The lowest BCUT2D eigenvalue weighted by molar-refractivity contribution is -0.138. The number of aliphatic hydroxyl groups excluding tert-OH is 1. The fraction of sp³-hybridized carbons (Fsp3) is 0.520. The van der Waals surface area contributed by atoms with Crippen LogP contribution in [0.4, 0.5) is 5.82 Å². The number of hydrogen-bond donors (Lipinski definition) is 2. The van der Waals surface area contributed by atoms with Crippen molar-refractivity contribution >= 4 is 27.2 Å². The van der Waals surface area contributed by atoms with Gasteiger partial charge >= 0.3 is 0 Å². The lowest BCUT2D eigenvalue weighted by atomic mass is 9.82. The van der Waals surface area contributed by atoms with Crippen molar-refractivity contribution in [2.75, 3.05) is 18.6 Å². The molecule has 6 rings (SSSR count). The Bertz CT molecular complexity index is 1430. The number of carbonyl (C=O) groups is 1. The van der Waals surface area contributed by atoms with Gasteiger partial charge in [-0.25, -0.2) is 13.4 Å². The SMILES string of the molecule is CS(=O)(=O)c1c(C2CC3CCC(C2)N3C(=O)CO)nc2c(-c3ccc(C4CCC4)nc3)cnn2c1N. The molecule has 3 N–H and O–H groups in total. The smallest absolute Gasteiger partial charge is 0.248 e. The van der Waals surface area contributed by atoms with Gasteiger partial charge in [0.25, 0.3) is 0 Å². The van der Waals surface area contributed by atoms with Gasteiger partial charge in [-0.1, -0.05) is 12.5 Å². The number of nitrogens with two attached hydrogens (primary N) is 1. The summed E-state index contributed by atoms with van der Waals surface area (Å²) in [6.07, 6.45) is 11.0. The molecule has 2 bridgehead atoms. The summed E-state index contributed by atoms with van der Waals surface area (Å²) in [5.41, 5.74) is 10.1. The molecule has 1 amide bonds. The number of aromatic nitrogens is 4. The molecular formula is C25H30N6O4S. The molecular weight excluding hydrogens is 480 g/mol. The zero-order valence-corrected chi connectivity index (χ0v) is 21.0. The summed E-state index contributed by atoms with van der Waals surface area (Å²) in [4.78, 5) is 23.7. The summed E-state index contributed by atoms with van der Waals surface area (Å²) >= 11 is 0. The predicted molar refractivity (Wildman–Crippen MR) is 133 cm³/mol. The third-order valence-electron chi connectivity index (χ3n) is 8.20. The molecule has 0 spiro atoms. The van der Waals surface area contributed by atoms with E-state index in [4.69, 9.17) is 10.7 Å². The lowest BCUT2D eigenvalue weighted by Crippen LogP contribution is -2.47. The first-order chi connectivity index (χ1) is 17.3. The topological polar surface area (TPSA) is 144 Å². The summed E-state index contributed by atoms with van der Waals surface area (Å²) in [6.45, 7) is -0.518. The van der Waals surface area contributed by atoms with Gasteiger partial charge in [0.2, 0.25) is 5.91 Å². The van der Waals surface area contributed by atoms with E-state index in [0.29, 0.717) is 30.1 Å². The van der Waals surface area contributed by atoms with Gasteiger partial charge in [0, 0.05) is 53.2 Å². The summed E-state index contributed by atoms with van der Waals surface area (Å²) < 4.78 is 27.2. The van der Waals surface area contributed by atoms with Crippen molar-refractivity contribution in [1.82, 2.24) is 24.5 Å². The Morgan fingerprint density at radius 3 is 2.39 bits per heavy atom. The van der Waals surface area contributed by atoms with Crippen LogP contribution < -0.4 is 5.73 Å². The molecule has 1 aliphatic carbocycles. The minimum atomic E-state index is -3.70. The Kier molecular flexibility index (Phi) is 5.52. The van der Waals surface area contributed by atoms with Crippen LogP contribution in [0.1, 0.15) is 68.2 Å². The van der Waals surface area contributed by atoms with Gasteiger partial charge in [-0.05, 0) is 44.6 Å². The minimum absolute atomic E-state index is 0.00874. The molecule has 0 radical (unpaired) electrons. The minimum Gasteiger partial charge on any atom is -0.387 e. The van der Waals surface area contributed by atoms with Crippen LogP contribution in [0, 0.1) is 0 Å². The van der Waals surface area contributed by atoms with E-state index in [1.165, 1.54) is 23.8 Å². The van der Waals surface area contributed by atoms with Crippen LogP contribution in [0.3, 0.4) is 0 Å². The highest BCUT2D eigenvalue weighted by atomic mass is 32.2. The lowest BCUT2D eigenvalue weighted by Gasteiger charge is -2.39. The number of nitrogens with zero attached hydrogens (tertiary/aromatic N) is 5. The number of fused-ring (bicyclic) bond motifs is 3. The number of rotatable bonds is 5. The Balaban J connectivity index is 1.44. The molecule has 2 saturated heterocycles. The molecule has 10 nitrogen and oxygen atoms in total. The third-order valence-corrected chi connectivity index (χ3v) is 9.36. The Hall–Kier alpha value is -3.05. The number of anilines is 1. The molecule has 3 aliphatic rings. The van der Waals surface area contributed by atoms with E-state index in [0.717, 1.165) is 35.9 Å². The van der Waals surface area contributed by atoms with E-state index in [-0.39, 0.29) is 34.6 Å². The molecule has 2 aliphatic heterocycles. The molecule has 3 aromatic rings. The summed E-state index contributed by atoms with van der Waals surface area (Å²) in [7, 11) is -3.70. The number of carbonyl (C=O) groups excluding carboxylic acids is 1. The van der Waals surface area contributed by atoms with Gasteiger partial charge < -0.3 is 15.7 Å². The van der Waals surface area contributed by atoms with E-state index >= 15 is 0 Å². The molecule has 190 valence electrons. The monoisotopic (exact) mass is 510 g/mol. The number of pyridine rings is 1. The van der Waals surface area contributed by atoms with Crippen LogP contribution >= 0.6 is 0 Å². The van der Waals surface area contributed by atoms with Crippen molar-refractivity contribution in [2.45, 2.75) is 73.8 Å². The highest BCUT2D eigenvalue weighted by Gasteiger charge is 2.45. The Morgan fingerprint density at radius 2 is 1.83 bits per heavy atom. The summed E-state index contributed by atoms with van der Waals surface area (Å²) in [5, 5.41) is 13.8. The maximum atomic E-state index is 12.9. The van der Waals surface area contributed by atoms with Crippen molar-refractivity contribution in [1.29, 1.82) is 0 Å². The van der Waals surface area contributed by atoms with E-state index in [1.54, 1.807) is 11.1 Å². The van der Waals surface area contributed by atoms with Crippen molar-refractivity contribution < 1.29 is 18.3 Å². The van der Waals surface area contributed by atoms with E-state index in [9.17, 15) is 18.3 Å². The van der Waals surface area contributed by atoms with Crippen LogP contribution in [0.2, 0.25) is 0 Å². The second kappa shape index (κ2) is 8.52. The van der Waals surface area contributed by atoms with Crippen LogP contribution in [0.5, 0.6) is 0 Å². The largest absolute Gasteiger partial charge is 0.387 e. The Morgan fingerprint density at radius 1 is 1.11 bits per heavy atom. The summed E-state index contributed by atoms with van der Waals surface area (Å²) in [5.74, 6) is 0.121. The second-order valence-corrected chi connectivity index (χ2v) is 12.3. The fourth-order valence-electron chi connectivity index (χ4n) is 6.28. The van der Waals surface area contributed by atoms with Gasteiger partial charge in [-0.3, -0.25) is 9.78 Å². The van der Waals surface area contributed by atoms with E-state index in [1.807, 2.05) is 18.3 Å². The van der Waals surface area contributed by atoms with Gasteiger partial charge in [0.1, 0.15) is 17.3 Å². The standard InChI is InChI=1S/C25H30N6O4S/c1-36(34,35)23-22(16-9-17-6-7-18(10-16)30(17)21(33)13-32)29-25-19(12-28-31(25)24(23)26)15-5-8-20(27-11-15)14-3-2-4-14/h5,8,11-12,14,16-18,32H,2-4,6-7,9-10,13,26H2,1H3. The van der Waals surface area contributed by atoms with E-state index in [2.05, 4.69) is 10.1 Å². The van der Waals surface area contributed by atoms with Crippen molar-refractivity contribution in [3.8, 4) is 11.1 Å². The highest BCUT2D eigenvalue weighted by Crippen LogP contribution is 2.45. The van der Waals surface area contributed by atoms with Crippen LogP contribution in [0.15, 0.2) is 29.4 Å². The fourth-order valence-corrected chi connectivity index (χ4v) is 7.34. The van der Waals surface area contributed by atoms with Crippen LogP contribution in [-0.2, 0) is 14.6 Å². The van der Waals surface area contributed by atoms with E-state index < -0.39 is 16.4 Å². The van der Waals surface area contributed by atoms with Gasteiger partial charge in [0.15, 0.2) is 15.5 Å². The first kappa shape index (κ1) is 23.4. The maximum absolute atomic E-state index is 12.9. The van der Waals surface area contributed by atoms with Gasteiger partial charge in [-0.2, -0.15) is 9.61 Å². The average molecular weight is 511 g/mol. The van der Waals surface area contributed by atoms with Crippen molar-refractivity contribution in [3.05, 3.63) is 35.9 Å². The molecule has 0 aromatic carbocycles. The van der Waals surface area contributed by atoms with Crippen molar-refractivity contribution in [3.63, 3.8) is 0 Å². The number of nitrogen functional groups attached to an aromatic ring is 1. The second-order valence-electron chi connectivity index (χ2n) is 10.4. The molecule has 1 saturated carbocycles. The third kappa shape index (κ3) is 3.67. The first-order valence-corrected chi connectivity index (χ1v) is 14.4. The van der Waals surface area contributed by atoms with Crippen LogP contribution in [-0.4, -0.2) is 68.9 Å². The summed E-state index contributed by atoms with van der Waals surface area (Å²) in [6, 6.07) is 3.96. The molecule has 36 heavy (non-hydrogen) atoms. The average Bonchev–Trinajstić information content (AvgIpc) is 3.35. The molecule has 2 atom stereocenters. The Labute approximate surface area is 209 Å². The zero-order valence-electron chi connectivity index (χ0n) is 20.2. The number of aliphatic hydroxyl groups is 1. The quantitative estimate of drug-likeness (QED) is 0.532. The molecule has 5 heterocycles. The van der Waals surface area contributed by atoms with Gasteiger partial charge in [-0.15, -0.1) is 0 Å². The maximum Gasteiger partial charge on any atom is 0.248 e. The van der Waals surface area contributed by atoms with Crippen molar-refractivity contribution in [2.24, 2.45) is 0 Å². The first-order valence-electron chi connectivity index (χ1n) is 12.5. The number of piperidine rings is 1. The predicted octanol–water partition coefficient (Wildman–Crippen LogP) is 2.27. The number of hydrogen-bond acceptors (Lipinski definition) is 8. The zero-order chi connectivity index (χ0) is 25.2. The van der Waals surface area contributed by atoms with Crippen LogP contribution in [0.25, 0.3) is 16.8 Å². The molecule has 3 fully saturated rings. The number of amides is 1. The van der Waals surface area contributed by atoms with Gasteiger partial charge in [0.05, 0.1) is 11.9 Å². The number of sulfone groups is 1. The molecule has 2 unspecified atom stereocenters. The molecule has 11 heteroatoms. The normalized spacial score (nSPS) is 24.3. The molecule has 3 aromatic heterocycles.